The maximum atomic E-state index is 10.9. The van der Waals surface area contributed by atoms with E-state index in [0.29, 0.717) is 12.2 Å². The van der Waals surface area contributed by atoms with Crippen LogP contribution in [-0.2, 0) is 17.8 Å². The molecule has 1 atom stereocenters. The predicted octanol–water partition coefficient (Wildman–Crippen LogP) is 1.29. The Bertz CT molecular complexity index is 580. The minimum atomic E-state index is -0.850. The van der Waals surface area contributed by atoms with E-state index in [0.717, 1.165) is 5.56 Å². The summed E-state index contributed by atoms with van der Waals surface area (Å²) < 4.78 is 1.56. The maximum absolute atomic E-state index is 10.9. The van der Waals surface area contributed by atoms with Gasteiger partial charge in [-0.3, -0.25) is 4.79 Å². The fraction of sp³-hybridized carbons (Fsp3) is 0.385. The Kier molecular flexibility index (Phi) is 3.89. The first-order valence-electron chi connectivity index (χ1n) is 6.09. The van der Waals surface area contributed by atoms with Crippen molar-refractivity contribution in [2.24, 2.45) is 5.92 Å². The molecule has 6 nitrogen and oxygen atoms in total. The topological polar surface area (TPSA) is 80.9 Å². The van der Waals surface area contributed by atoms with Gasteiger partial charge in [0, 0.05) is 6.42 Å². The standard InChI is InChI=1S/C13H16N4O2/c1-9-4-3-5-11(6-9)7-12-14-15-16-17(12)8-10(2)13(18)19/h3-6,10H,7-8H2,1-2H3,(H,18,19). The fourth-order valence-electron chi connectivity index (χ4n) is 1.83. The summed E-state index contributed by atoms with van der Waals surface area (Å²) in [6.07, 6.45) is 0.598. The van der Waals surface area contributed by atoms with Gasteiger partial charge in [0.1, 0.15) is 0 Å². The summed E-state index contributed by atoms with van der Waals surface area (Å²) in [5.74, 6) is -0.685. The first-order chi connectivity index (χ1) is 9.06. The van der Waals surface area contributed by atoms with Crippen molar-refractivity contribution in [3.8, 4) is 0 Å². The van der Waals surface area contributed by atoms with E-state index in [9.17, 15) is 4.79 Å². The lowest BCUT2D eigenvalue weighted by Gasteiger charge is -2.08. The van der Waals surface area contributed by atoms with Crippen LogP contribution < -0.4 is 0 Å². The van der Waals surface area contributed by atoms with Crippen molar-refractivity contribution >= 4 is 5.97 Å². The summed E-state index contributed by atoms with van der Waals surface area (Å²) in [6, 6.07) is 8.09. The zero-order valence-corrected chi connectivity index (χ0v) is 10.9. The van der Waals surface area contributed by atoms with Crippen molar-refractivity contribution in [2.45, 2.75) is 26.8 Å². The second kappa shape index (κ2) is 5.60. The molecule has 0 aliphatic rings. The Labute approximate surface area is 111 Å². The minimum Gasteiger partial charge on any atom is -0.481 e. The average Bonchev–Trinajstić information content (AvgIpc) is 2.76. The highest BCUT2D eigenvalue weighted by molar-refractivity contribution is 5.69. The Balaban J connectivity index is 2.13. The number of nitrogens with zero attached hydrogens (tertiary/aromatic N) is 4. The van der Waals surface area contributed by atoms with Crippen LogP contribution in [0.5, 0.6) is 0 Å². The number of carboxylic acids is 1. The summed E-state index contributed by atoms with van der Waals surface area (Å²) in [6.45, 7) is 3.95. The third-order valence-electron chi connectivity index (χ3n) is 2.92. The zero-order valence-electron chi connectivity index (χ0n) is 10.9. The monoisotopic (exact) mass is 260 g/mol. The summed E-state index contributed by atoms with van der Waals surface area (Å²) in [5.41, 5.74) is 2.29. The molecule has 0 aliphatic carbocycles. The number of rotatable bonds is 5. The van der Waals surface area contributed by atoms with Crippen molar-refractivity contribution in [1.29, 1.82) is 0 Å². The lowest BCUT2D eigenvalue weighted by Crippen LogP contribution is -2.19. The fourth-order valence-corrected chi connectivity index (χ4v) is 1.83. The molecule has 0 aliphatic heterocycles. The molecule has 0 fully saturated rings. The third-order valence-corrected chi connectivity index (χ3v) is 2.92. The van der Waals surface area contributed by atoms with Crippen LogP contribution in [0.2, 0.25) is 0 Å². The highest BCUT2D eigenvalue weighted by Crippen LogP contribution is 2.10. The van der Waals surface area contributed by atoms with Gasteiger partial charge in [-0.2, -0.15) is 0 Å². The van der Waals surface area contributed by atoms with Crippen LogP contribution in [0.1, 0.15) is 23.9 Å². The van der Waals surface area contributed by atoms with Gasteiger partial charge in [0.2, 0.25) is 0 Å². The van der Waals surface area contributed by atoms with E-state index in [1.54, 1.807) is 11.6 Å². The van der Waals surface area contributed by atoms with Crippen LogP contribution in [0.3, 0.4) is 0 Å². The SMILES string of the molecule is Cc1cccc(Cc2nnnn2CC(C)C(=O)O)c1. The first-order valence-corrected chi connectivity index (χ1v) is 6.09. The summed E-state index contributed by atoms with van der Waals surface area (Å²) >= 11 is 0. The Morgan fingerprint density at radius 3 is 2.95 bits per heavy atom. The molecule has 0 saturated carbocycles. The van der Waals surface area contributed by atoms with Crippen LogP contribution >= 0.6 is 0 Å². The molecule has 1 aromatic heterocycles. The first kappa shape index (κ1) is 13.2. The van der Waals surface area contributed by atoms with E-state index in [1.165, 1.54) is 5.56 Å². The Morgan fingerprint density at radius 1 is 1.47 bits per heavy atom. The molecule has 1 heterocycles. The molecule has 0 radical (unpaired) electrons. The summed E-state index contributed by atoms with van der Waals surface area (Å²) in [7, 11) is 0. The summed E-state index contributed by atoms with van der Waals surface area (Å²) in [5, 5.41) is 20.4. The number of aromatic nitrogens is 4. The third kappa shape index (κ3) is 3.37. The lowest BCUT2D eigenvalue weighted by atomic mass is 10.1. The number of benzene rings is 1. The molecule has 1 N–H and O–H groups in total. The van der Waals surface area contributed by atoms with Crippen LogP contribution in [0.4, 0.5) is 0 Å². The van der Waals surface area contributed by atoms with Gasteiger partial charge in [0.25, 0.3) is 0 Å². The van der Waals surface area contributed by atoms with Gasteiger partial charge < -0.3 is 5.11 Å². The van der Waals surface area contributed by atoms with Crippen molar-refractivity contribution in [3.05, 3.63) is 41.2 Å². The molecule has 100 valence electrons. The number of aliphatic carboxylic acids is 1. The predicted molar refractivity (Wildman–Crippen MR) is 68.6 cm³/mol. The average molecular weight is 260 g/mol. The number of hydrogen-bond donors (Lipinski definition) is 1. The second-order valence-corrected chi connectivity index (χ2v) is 4.68. The van der Waals surface area contributed by atoms with Gasteiger partial charge >= 0.3 is 5.97 Å². The smallest absolute Gasteiger partial charge is 0.308 e. The van der Waals surface area contributed by atoms with Crippen LogP contribution in [0.25, 0.3) is 0 Å². The van der Waals surface area contributed by atoms with Crippen LogP contribution in [-0.4, -0.2) is 31.3 Å². The van der Waals surface area contributed by atoms with E-state index >= 15 is 0 Å². The zero-order chi connectivity index (χ0) is 13.8. The van der Waals surface area contributed by atoms with Gasteiger partial charge in [0.05, 0.1) is 12.5 Å². The highest BCUT2D eigenvalue weighted by atomic mass is 16.4. The van der Waals surface area contributed by atoms with Gasteiger partial charge in [-0.1, -0.05) is 36.8 Å². The van der Waals surface area contributed by atoms with E-state index in [-0.39, 0.29) is 6.54 Å². The molecular weight excluding hydrogens is 244 g/mol. The molecule has 0 saturated heterocycles. The lowest BCUT2D eigenvalue weighted by molar-refractivity contribution is -0.141. The number of carbonyl (C=O) groups is 1. The molecule has 6 heteroatoms. The minimum absolute atomic E-state index is 0.281. The van der Waals surface area contributed by atoms with E-state index in [1.807, 2.05) is 25.1 Å². The molecule has 0 spiro atoms. The molecule has 1 aromatic carbocycles. The molecule has 0 amide bonds. The summed E-state index contributed by atoms with van der Waals surface area (Å²) in [4.78, 5) is 10.9. The van der Waals surface area contributed by atoms with E-state index < -0.39 is 11.9 Å². The maximum Gasteiger partial charge on any atom is 0.308 e. The van der Waals surface area contributed by atoms with Crippen molar-refractivity contribution < 1.29 is 9.90 Å². The number of aryl methyl sites for hydroxylation is 1. The molecular formula is C13H16N4O2. The quantitative estimate of drug-likeness (QED) is 0.876. The van der Waals surface area contributed by atoms with Crippen molar-refractivity contribution in [1.82, 2.24) is 20.2 Å². The van der Waals surface area contributed by atoms with Crippen molar-refractivity contribution in [2.75, 3.05) is 0 Å². The second-order valence-electron chi connectivity index (χ2n) is 4.68. The van der Waals surface area contributed by atoms with Gasteiger partial charge in [0.15, 0.2) is 5.82 Å². The van der Waals surface area contributed by atoms with E-state index in [2.05, 4.69) is 21.6 Å². The molecule has 2 aromatic rings. The number of tetrazole rings is 1. The Hall–Kier alpha value is -2.24. The van der Waals surface area contributed by atoms with E-state index in [4.69, 9.17) is 5.11 Å². The Morgan fingerprint density at radius 2 is 2.26 bits per heavy atom. The van der Waals surface area contributed by atoms with Gasteiger partial charge in [-0.25, -0.2) is 4.68 Å². The largest absolute Gasteiger partial charge is 0.481 e. The normalized spacial score (nSPS) is 12.3. The van der Waals surface area contributed by atoms with Gasteiger partial charge in [-0.15, -0.1) is 5.10 Å². The molecule has 0 bridgehead atoms. The van der Waals surface area contributed by atoms with Crippen LogP contribution in [0.15, 0.2) is 24.3 Å². The molecule has 1 unspecified atom stereocenters. The highest BCUT2D eigenvalue weighted by Gasteiger charge is 2.15. The molecule has 2 rings (SSSR count). The molecule has 19 heavy (non-hydrogen) atoms. The number of carboxylic acid groups (broad SMARTS) is 1. The van der Waals surface area contributed by atoms with Crippen molar-refractivity contribution in [3.63, 3.8) is 0 Å². The van der Waals surface area contributed by atoms with Crippen LogP contribution in [0, 0.1) is 12.8 Å². The van der Waals surface area contributed by atoms with Gasteiger partial charge in [-0.05, 0) is 22.9 Å². The number of hydrogen-bond acceptors (Lipinski definition) is 4.